The van der Waals surface area contributed by atoms with Gasteiger partial charge in [0.15, 0.2) is 5.82 Å². The molecule has 0 aliphatic carbocycles. The molecule has 0 amide bonds. The van der Waals surface area contributed by atoms with E-state index in [1.165, 1.54) is 0 Å². The van der Waals surface area contributed by atoms with Crippen molar-refractivity contribution in [3.05, 3.63) is 18.6 Å². The number of pyridine rings is 1. The van der Waals surface area contributed by atoms with Gasteiger partial charge in [0.05, 0.1) is 11.8 Å². The van der Waals surface area contributed by atoms with Crippen molar-refractivity contribution in [3.8, 4) is 0 Å². The van der Waals surface area contributed by atoms with Crippen LogP contribution in [0.3, 0.4) is 0 Å². The van der Waals surface area contributed by atoms with Crippen molar-refractivity contribution < 1.29 is 0 Å². The smallest absolute Gasteiger partial charge is 0.154 e. The third-order valence-corrected chi connectivity index (χ3v) is 3.63. The van der Waals surface area contributed by atoms with Crippen LogP contribution in [-0.2, 0) is 7.05 Å². The second-order valence-electron chi connectivity index (χ2n) is 5.69. The van der Waals surface area contributed by atoms with Gasteiger partial charge in [-0.2, -0.15) is 0 Å². The highest BCUT2D eigenvalue weighted by Crippen LogP contribution is 2.25. The lowest BCUT2D eigenvalue weighted by atomic mass is 9.88. The van der Waals surface area contributed by atoms with Crippen LogP contribution in [0.4, 0.5) is 5.82 Å². The van der Waals surface area contributed by atoms with E-state index >= 15 is 0 Å². The van der Waals surface area contributed by atoms with E-state index in [4.69, 9.17) is 11.6 Å². The third kappa shape index (κ3) is 3.38. The summed E-state index contributed by atoms with van der Waals surface area (Å²) in [5.74, 6) is 1.58. The summed E-state index contributed by atoms with van der Waals surface area (Å²) in [5.41, 5.74) is 2.22. The molecule has 0 aliphatic rings. The maximum Gasteiger partial charge on any atom is 0.154 e. The molecule has 0 saturated heterocycles. The predicted octanol–water partition coefficient (Wildman–Crippen LogP) is 3.43. The largest absolute Gasteiger partial charge is 0.368 e. The Morgan fingerprint density at radius 2 is 2.16 bits per heavy atom. The van der Waals surface area contributed by atoms with Crippen molar-refractivity contribution in [3.63, 3.8) is 0 Å². The maximum atomic E-state index is 5.76. The van der Waals surface area contributed by atoms with Crippen LogP contribution >= 0.6 is 11.6 Å². The van der Waals surface area contributed by atoms with E-state index in [1.807, 2.05) is 30.2 Å². The van der Waals surface area contributed by atoms with E-state index in [1.54, 1.807) is 0 Å². The molecular formula is C14H21ClN4. The number of anilines is 1. The number of fused-ring (bicyclic) bond motifs is 1. The first-order valence-corrected chi connectivity index (χ1v) is 7.13. The van der Waals surface area contributed by atoms with Gasteiger partial charge < -0.3 is 9.88 Å². The minimum absolute atomic E-state index is 0.202. The number of hydrogen-bond acceptors (Lipinski definition) is 3. The molecule has 0 bridgehead atoms. The second kappa shape index (κ2) is 5.78. The summed E-state index contributed by atoms with van der Waals surface area (Å²) >= 11 is 5.76. The van der Waals surface area contributed by atoms with Crippen molar-refractivity contribution >= 4 is 28.5 Å². The third-order valence-electron chi connectivity index (χ3n) is 3.36. The highest BCUT2D eigenvalue weighted by molar-refractivity contribution is 6.17. The Hall–Kier alpha value is -1.29. The molecule has 1 N–H and O–H groups in total. The topological polar surface area (TPSA) is 42.7 Å². The number of rotatable bonds is 6. The molecule has 2 heterocycles. The van der Waals surface area contributed by atoms with Gasteiger partial charge in [-0.1, -0.05) is 13.8 Å². The van der Waals surface area contributed by atoms with Crippen LogP contribution in [0.25, 0.3) is 11.0 Å². The zero-order valence-corrected chi connectivity index (χ0v) is 12.5. The molecule has 0 saturated carbocycles. The summed E-state index contributed by atoms with van der Waals surface area (Å²) in [6.07, 6.45) is 5.77. The lowest BCUT2D eigenvalue weighted by Gasteiger charge is -2.24. The molecule has 2 aromatic heterocycles. The normalized spacial score (nSPS) is 12.0. The number of hydrogen-bond donors (Lipinski definition) is 1. The number of aromatic nitrogens is 3. The van der Waals surface area contributed by atoms with Crippen molar-refractivity contribution in [1.29, 1.82) is 0 Å². The highest BCUT2D eigenvalue weighted by atomic mass is 35.5. The summed E-state index contributed by atoms with van der Waals surface area (Å²) in [6, 6.07) is 1.98. The number of imidazole rings is 1. The van der Waals surface area contributed by atoms with Gasteiger partial charge in [0.2, 0.25) is 0 Å². The van der Waals surface area contributed by atoms with E-state index in [0.717, 1.165) is 42.1 Å². The van der Waals surface area contributed by atoms with Crippen LogP contribution in [0.2, 0.25) is 0 Å². The van der Waals surface area contributed by atoms with Crippen LogP contribution in [0.5, 0.6) is 0 Å². The molecule has 0 unspecified atom stereocenters. The Morgan fingerprint density at radius 3 is 2.89 bits per heavy atom. The zero-order chi connectivity index (χ0) is 13.9. The molecule has 0 aliphatic heterocycles. The summed E-state index contributed by atoms with van der Waals surface area (Å²) in [5, 5.41) is 3.42. The van der Waals surface area contributed by atoms with Crippen molar-refractivity contribution in [2.45, 2.75) is 26.7 Å². The minimum atomic E-state index is 0.202. The molecule has 104 valence electrons. The lowest BCUT2D eigenvalue weighted by Crippen LogP contribution is -2.23. The Balaban J connectivity index is 2.09. The summed E-state index contributed by atoms with van der Waals surface area (Å²) in [6.45, 7) is 5.35. The first-order chi connectivity index (χ1) is 9.03. The van der Waals surface area contributed by atoms with Crippen molar-refractivity contribution in [2.24, 2.45) is 12.5 Å². The fraction of sp³-hybridized carbons (Fsp3) is 0.571. The molecule has 0 radical (unpaired) electrons. The monoisotopic (exact) mass is 280 g/mol. The van der Waals surface area contributed by atoms with E-state index < -0.39 is 0 Å². The van der Waals surface area contributed by atoms with Crippen molar-refractivity contribution in [2.75, 3.05) is 17.7 Å². The predicted molar refractivity (Wildman–Crippen MR) is 80.7 cm³/mol. The van der Waals surface area contributed by atoms with Crippen LogP contribution in [0.15, 0.2) is 18.6 Å². The lowest BCUT2D eigenvalue weighted by molar-refractivity contribution is 0.355. The van der Waals surface area contributed by atoms with Crippen LogP contribution in [-0.4, -0.2) is 27.0 Å². The average Bonchev–Trinajstić information content (AvgIpc) is 2.77. The van der Waals surface area contributed by atoms with E-state index in [9.17, 15) is 0 Å². The number of alkyl halides is 1. The molecule has 0 fully saturated rings. The molecule has 4 nitrogen and oxygen atoms in total. The second-order valence-corrected chi connectivity index (χ2v) is 6.07. The molecule has 5 heteroatoms. The SMILES string of the molecule is Cn1cnc2c(NCC(C)(C)CCCCl)nccc21. The van der Waals surface area contributed by atoms with Gasteiger partial charge in [0, 0.05) is 25.7 Å². The van der Waals surface area contributed by atoms with E-state index in [-0.39, 0.29) is 5.41 Å². The molecule has 0 spiro atoms. The Labute approximate surface area is 119 Å². The van der Waals surface area contributed by atoms with E-state index in [0.29, 0.717) is 0 Å². The summed E-state index contributed by atoms with van der Waals surface area (Å²) in [4.78, 5) is 8.79. The molecule has 2 aromatic rings. The summed E-state index contributed by atoms with van der Waals surface area (Å²) < 4.78 is 2.00. The summed E-state index contributed by atoms with van der Waals surface area (Å²) in [7, 11) is 1.99. The quantitative estimate of drug-likeness (QED) is 0.825. The maximum absolute atomic E-state index is 5.76. The molecule has 2 rings (SSSR count). The fourth-order valence-electron chi connectivity index (χ4n) is 2.15. The van der Waals surface area contributed by atoms with Gasteiger partial charge in [0.1, 0.15) is 5.52 Å². The number of halogens is 1. The van der Waals surface area contributed by atoms with Crippen molar-refractivity contribution in [1.82, 2.24) is 14.5 Å². The zero-order valence-electron chi connectivity index (χ0n) is 11.8. The number of aryl methyl sites for hydroxylation is 1. The minimum Gasteiger partial charge on any atom is -0.368 e. The van der Waals surface area contributed by atoms with Crippen LogP contribution in [0.1, 0.15) is 26.7 Å². The Bertz CT molecular complexity index is 547. The molecular weight excluding hydrogens is 260 g/mol. The van der Waals surface area contributed by atoms with Gasteiger partial charge in [-0.05, 0) is 24.3 Å². The average molecular weight is 281 g/mol. The van der Waals surface area contributed by atoms with Gasteiger partial charge in [-0.25, -0.2) is 9.97 Å². The van der Waals surface area contributed by atoms with Gasteiger partial charge >= 0.3 is 0 Å². The molecule has 0 aromatic carbocycles. The standard InChI is InChI=1S/C14H21ClN4/c1-14(2,6-4-7-15)9-17-13-12-11(5-8-16-13)19(3)10-18-12/h5,8,10H,4,6-7,9H2,1-3H3,(H,16,17). The van der Waals surface area contributed by atoms with E-state index in [2.05, 4.69) is 29.1 Å². The molecule has 0 atom stereocenters. The van der Waals surface area contributed by atoms with Crippen LogP contribution < -0.4 is 5.32 Å². The molecule has 19 heavy (non-hydrogen) atoms. The van der Waals surface area contributed by atoms with Gasteiger partial charge in [-0.3, -0.25) is 0 Å². The number of nitrogens with one attached hydrogen (secondary N) is 1. The Kier molecular flexibility index (Phi) is 4.30. The first kappa shape index (κ1) is 14.1. The van der Waals surface area contributed by atoms with Crippen LogP contribution in [0, 0.1) is 5.41 Å². The van der Waals surface area contributed by atoms with Gasteiger partial charge in [-0.15, -0.1) is 11.6 Å². The fourth-order valence-corrected chi connectivity index (χ4v) is 2.28. The Morgan fingerprint density at radius 1 is 1.37 bits per heavy atom. The highest BCUT2D eigenvalue weighted by Gasteiger charge is 2.18. The first-order valence-electron chi connectivity index (χ1n) is 6.59. The van der Waals surface area contributed by atoms with Gasteiger partial charge in [0.25, 0.3) is 0 Å². The number of nitrogens with zero attached hydrogens (tertiary/aromatic N) is 3.